The molecule has 0 spiro atoms. The summed E-state index contributed by atoms with van der Waals surface area (Å²) in [4.78, 5) is 17.1. The number of aromatic nitrogens is 1. The van der Waals surface area contributed by atoms with E-state index in [-0.39, 0.29) is 11.7 Å². The number of rotatable bonds is 7. The zero-order valence-electron chi connectivity index (χ0n) is 18.3. The number of nitrogens with zero attached hydrogens (tertiary/aromatic N) is 1. The van der Waals surface area contributed by atoms with Gasteiger partial charge in [-0.2, -0.15) is 0 Å². The predicted octanol–water partition coefficient (Wildman–Crippen LogP) is 7.44. The summed E-state index contributed by atoms with van der Waals surface area (Å²) >= 11 is 1.57. The fourth-order valence-corrected chi connectivity index (χ4v) is 4.51. The van der Waals surface area contributed by atoms with Gasteiger partial charge in [0.25, 0.3) is 0 Å². The topological polar surface area (TPSA) is 51.2 Å². The van der Waals surface area contributed by atoms with Crippen molar-refractivity contribution in [1.82, 2.24) is 4.98 Å². The summed E-state index contributed by atoms with van der Waals surface area (Å²) in [7, 11) is 0. The Morgan fingerprint density at radius 3 is 2.56 bits per heavy atom. The Kier molecular flexibility index (Phi) is 6.51. The number of amides is 1. The van der Waals surface area contributed by atoms with Crippen LogP contribution in [-0.4, -0.2) is 10.9 Å². The molecule has 32 heavy (non-hydrogen) atoms. The maximum atomic E-state index is 14.6. The molecule has 1 amide bonds. The van der Waals surface area contributed by atoms with E-state index < -0.39 is 5.82 Å². The lowest BCUT2D eigenvalue weighted by molar-refractivity contribution is -0.115. The standard InChI is InChI=1S/C26H25FN2O2S/c1-4-25(30)29-19-9-10-22(20(27)14-19)31-23-11-12-28-21-15-24(32-26(21)23)18-7-5-17(6-8-18)13-16(2)3/h5-12,14-16H,4,13H2,1-3H3,(H,29,30). The first-order valence-corrected chi connectivity index (χ1v) is 11.5. The molecule has 0 bridgehead atoms. The molecule has 0 saturated carbocycles. The molecule has 1 N–H and O–H groups in total. The zero-order valence-corrected chi connectivity index (χ0v) is 19.1. The number of carbonyl (C=O) groups excluding carboxylic acids is 1. The van der Waals surface area contributed by atoms with Crippen LogP contribution in [0.1, 0.15) is 32.8 Å². The molecule has 6 heteroatoms. The molecular weight excluding hydrogens is 423 g/mol. The summed E-state index contributed by atoms with van der Waals surface area (Å²) in [6, 6.07) is 16.8. The molecule has 0 aliphatic heterocycles. The van der Waals surface area contributed by atoms with Gasteiger partial charge in [-0.25, -0.2) is 4.39 Å². The molecule has 0 aliphatic carbocycles. The Balaban J connectivity index is 1.59. The van der Waals surface area contributed by atoms with Crippen LogP contribution < -0.4 is 10.1 Å². The van der Waals surface area contributed by atoms with Gasteiger partial charge in [0.1, 0.15) is 5.75 Å². The minimum Gasteiger partial charge on any atom is -0.453 e. The van der Waals surface area contributed by atoms with E-state index in [4.69, 9.17) is 4.74 Å². The van der Waals surface area contributed by atoms with Crippen molar-refractivity contribution < 1.29 is 13.9 Å². The zero-order chi connectivity index (χ0) is 22.7. The normalized spacial score (nSPS) is 11.2. The minimum absolute atomic E-state index is 0.0972. The molecule has 0 radical (unpaired) electrons. The molecule has 0 atom stereocenters. The van der Waals surface area contributed by atoms with Crippen molar-refractivity contribution in [2.75, 3.05) is 5.32 Å². The SMILES string of the molecule is CCC(=O)Nc1ccc(Oc2ccnc3cc(-c4ccc(CC(C)C)cc4)sc23)c(F)c1. The Morgan fingerprint density at radius 1 is 1.09 bits per heavy atom. The molecule has 4 nitrogen and oxygen atoms in total. The van der Waals surface area contributed by atoms with Gasteiger partial charge in [0.05, 0.1) is 10.2 Å². The first-order valence-electron chi connectivity index (χ1n) is 10.7. The fourth-order valence-electron chi connectivity index (χ4n) is 3.44. The number of benzene rings is 2. The maximum Gasteiger partial charge on any atom is 0.224 e. The molecular formula is C26H25FN2O2S. The number of nitrogens with one attached hydrogen (secondary N) is 1. The molecule has 164 valence electrons. The lowest BCUT2D eigenvalue weighted by Crippen LogP contribution is -2.09. The van der Waals surface area contributed by atoms with E-state index in [0.29, 0.717) is 23.8 Å². The fraction of sp³-hybridized carbons (Fsp3) is 0.231. The number of halogens is 1. The van der Waals surface area contributed by atoms with Crippen molar-refractivity contribution in [2.45, 2.75) is 33.6 Å². The summed E-state index contributed by atoms with van der Waals surface area (Å²) < 4.78 is 21.4. The highest BCUT2D eigenvalue weighted by atomic mass is 32.1. The van der Waals surface area contributed by atoms with Crippen LogP contribution in [0.15, 0.2) is 60.8 Å². The molecule has 0 fully saturated rings. The van der Waals surface area contributed by atoms with Crippen molar-refractivity contribution in [3.8, 4) is 21.9 Å². The number of thiophene rings is 1. The third kappa shape index (κ3) is 4.97. The van der Waals surface area contributed by atoms with Crippen molar-refractivity contribution in [2.24, 2.45) is 5.92 Å². The quantitative estimate of drug-likeness (QED) is 0.320. The molecule has 0 saturated heterocycles. The van der Waals surface area contributed by atoms with Crippen LogP contribution in [0, 0.1) is 11.7 Å². The van der Waals surface area contributed by atoms with Gasteiger partial charge in [0.2, 0.25) is 5.91 Å². The van der Waals surface area contributed by atoms with E-state index in [0.717, 1.165) is 27.1 Å². The van der Waals surface area contributed by atoms with E-state index in [1.54, 1.807) is 36.6 Å². The van der Waals surface area contributed by atoms with Crippen LogP contribution in [0.3, 0.4) is 0 Å². The van der Waals surface area contributed by atoms with E-state index in [1.807, 2.05) is 6.07 Å². The second kappa shape index (κ2) is 9.49. The summed E-state index contributed by atoms with van der Waals surface area (Å²) in [6.07, 6.45) is 3.04. The van der Waals surface area contributed by atoms with Gasteiger partial charge >= 0.3 is 0 Å². The molecule has 4 aromatic rings. The number of anilines is 1. The van der Waals surface area contributed by atoms with Crippen molar-refractivity contribution in [3.63, 3.8) is 0 Å². The second-order valence-electron chi connectivity index (χ2n) is 8.08. The van der Waals surface area contributed by atoms with Crippen LogP contribution >= 0.6 is 11.3 Å². The van der Waals surface area contributed by atoms with Crippen molar-refractivity contribution in [1.29, 1.82) is 0 Å². The first kappa shape index (κ1) is 22.0. The van der Waals surface area contributed by atoms with Crippen LogP contribution in [0.25, 0.3) is 20.7 Å². The Labute approximate surface area is 191 Å². The lowest BCUT2D eigenvalue weighted by atomic mass is 10.0. The van der Waals surface area contributed by atoms with E-state index >= 15 is 0 Å². The van der Waals surface area contributed by atoms with Gasteiger partial charge in [-0.15, -0.1) is 11.3 Å². The largest absolute Gasteiger partial charge is 0.453 e. The maximum absolute atomic E-state index is 14.6. The summed E-state index contributed by atoms with van der Waals surface area (Å²) in [5, 5.41) is 2.65. The predicted molar refractivity (Wildman–Crippen MR) is 129 cm³/mol. The first-order chi connectivity index (χ1) is 15.4. The number of ether oxygens (including phenoxy) is 1. The van der Waals surface area contributed by atoms with Crippen LogP contribution in [0.2, 0.25) is 0 Å². The number of hydrogen-bond acceptors (Lipinski definition) is 4. The third-order valence-corrected chi connectivity index (χ3v) is 6.20. The average Bonchev–Trinajstić information content (AvgIpc) is 3.21. The number of carbonyl (C=O) groups is 1. The minimum atomic E-state index is -0.540. The van der Waals surface area contributed by atoms with Gasteiger partial charge in [0, 0.05) is 35.3 Å². The van der Waals surface area contributed by atoms with Gasteiger partial charge in [-0.05, 0) is 41.7 Å². The summed E-state index contributed by atoms with van der Waals surface area (Å²) in [5.41, 5.74) is 3.65. The Hall–Kier alpha value is -3.25. The Bertz CT molecular complexity index is 1250. The van der Waals surface area contributed by atoms with Crippen LogP contribution in [0.5, 0.6) is 11.5 Å². The second-order valence-corrected chi connectivity index (χ2v) is 9.13. The van der Waals surface area contributed by atoms with Crippen LogP contribution in [-0.2, 0) is 11.2 Å². The van der Waals surface area contributed by atoms with Gasteiger partial charge < -0.3 is 10.1 Å². The lowest BCUT2D eigenvalue weighted by Gasteiger charge is -2.09. The number of pyridine rings is 1. The van der Waals surface area contributed by atoms with Crippen molar-refractivity contribution >= 4 is 33.1 Å². The van der Waals surface area contributed by atoms with E-state index in [2.05, 4.69) is 48.4 Å². The molecule has 2 heterocycles. The third-order valence-electron chi connectivity index (χ3n) is 5.01. The van der Waals surface area contributed by atoms with Crippen molar-refractivity contribution in [3.05, 3.63) is 72.2 Å². The monoisotopic (exact) mass is 448 g/mol. The molecule has 0 aliphatic rings. The summed E-state index contributed by atoms with van der Waals surface area (Å²) in [6.45, 7) is 6.17. The van der Waals surface area contributed by atoms with Gasteiger partial charge in [-0.1, -0.05) is 45.0 Å². The highest BCUT2D eigenvalue weighted by Crippen LogP contribution is 2.39. The molecule has 4 rings (SSSR count). The van der Waals surface area contributed by atoms with Gasteiger partial charge in [-0.3, -0.25) is 9.78 Å². The van der Waals surface area contributed by atoms with Crippen LogP contribution in [0.4, 0.5) is 10.1 Å². The number of hydrogen-bond donors (Lipinski definition) is 1. The number of fused-ring (bicyclic) bond motifs is 1. The smallest absolute Gasteiger partial charge is 0.224 e. The summed E-state index contributed by atoms with van der Waals surface area (Å²) in [5.74, 6) is 0.553. The van der Waals surface area contributed by atoms with E-state index in [9.17, 15) is 9.18 Å². The molecule has 2 aromatic carbocycles. The average molecular weight is 449 g/mol. The van der Waals surface area contributed by atoms with E-state index in [1.165, 1.54) is 17.7 Å². The molecule has 0 unspecified atom stereocenters. The Morgan fingerprint density at radius 2 is 1.88 bits per heavy atom. The highest BCUT2D eigenvalue weighted by Gasteiger charge is 2.14. The molecule has 2 aromatic heterocycles. The highest BCUT2D eigenvalue weighted by molar-refractivity contribution is 7.22. The van der Waals surface area contributed by atoms with Gasteiger partial charge in [0.15, 0.2) is 11.6 Å².